The number of carbonyl (C=O) groups is 1. The largest absolute Gasteiger partial charge is 0.350 e. The minimum Gasteiger partial charge on any atom is -0.350 e. The van der Waals surface area contributed by atoms with Crippen molar-refractivity contribution in [3.8, 4) is 11.3 Å². The van der Waals surface area contributed by atoms with Crippen LogP contribution in [0, 0.1) is 5.82 Å². The fourth-order valence-corrected chi connectivity index (χ4v) is 2.12. The Morgan fingerprint density at radius 3 is 2.50 bits per heavy atom. The van der Waals surface area contributed by atoms with Crippen molar-refractivity contribution in [3.05, 3.63) is 72.2 Å². The van der Waals surface area contributed by atoms with Crippen molar-refractivity contribution in [2.75, 3.05) is 11.9 Å². The van der Waals surface area contributed by atoms with Gasteiger partial charge in [-0.15, -0.1) is 0 Å². The van der Waals surface area contributed by atoms with Crippen molar-refractivity contribution < 1.29 is 13.7 Å². The molecule has 0 spiro atoms. The highest BCUT2D eigenvalue weighted by Gasteiger charge is 2.21. The van der Waals surface area contributed by atoms with E-state index in [4.69, 9.17) is 4.52 Å². The number of nitrogens with zero attached hydrogens (tertiary/aromatic N) is 2. The Bertz CT molecular complexity index is 799. The number of hydrogen-bond acceptors (Lipinski definition) is 3. The van der Waals surface area contributed by atoms with E-state index in [1.807, 2.05) is 30.3 Å². The summed E-state index contributed by atoms with van der Waals surface area (Å²) in [5, 5.41) is 3.89. The summed E-state index contributed by atoms with van der Waals surface area (Å²) in [6.07, 6.45) is 0. The van der Waals surface area contributed by atoms with Gasteiger partial charge >= 0.3 is 0 Å². The number of anilines is 1. The zero-order valence-corrected chi connectivity index (χ0v) is 11.9. The first-order valence-electron chi connectivity index (χ1n) is 6.71. The van der Waals surface area contributed by atoms with E-state index in [0.29, 0.717) is 5.69 Å². The maximum atomic E-state index is 13.7. The molecule has 1 aromatic heterocycles. The Morgan fingerprint density at radius 1 is 1.09 bits per heavy atom. The Labute approximate surface area is 126 Å². The highest BCUT2D eigenvalue weighted by Crippen LogP contribution is 2.22. The van der Waals surface area contributed by atoms with Gasteiger partial charge in [0.15, 0.2) is 0 Å². The molecule has 0 fully saturated rings. The average molecular weight is 296 g/mol. The first kappa shape index (κ1) is 14.0. The molecule has 0 unspecified atom stereocenters. The van der Waals surface area contributed by atoms with E-state index in [2.05, 4.69) is 5.16 Å². The van der Waals surface area contributed by atoms with Crippen molar-refractivity contribution in [1.29, 1.82) is 0 Å². The number of rotatable bonds is 3. The maximum absolute atomic E-state index is 13.7. The number of benzene rings is 2. The highest BCUT2D eigenvalue weighted by molar-refractivity contribution is 6.04. The van der Waals surface area contributed by atoms with Crippen LogP contribution in [0.2, 0.25) is 0 Å². The van der Waals surface area contributed by atoms with Gasteiger partial charge in [0, 0.05) is 18.7 Å². The smallest absolute Gasteiger partial charge is 0.296 e. The lowest BCUT2D eigenvalue weighted by atomic mass is 10.1. The van der Waals surface area contributed by atoms with Crippen LogP contribution in [0.1, 0.15) is 10.6 Å². The van der Waals surface area contributed by atoms with E-state index < -0.39 is 11.7 Å². The molecule has 110 valence electrons. The van der Waals surface area contributed by atoms with Gasteiger partial charge in [0.1, 0.15) is 11.5 Å². The van der Waals surface area contributed by atoms with Crippen LogP contribution >= 0.6 is 0 Å². The summed E-state index contributed by atoms with van der Waals surface area (Å²) in [7, 11) is 1.49. The summed E-state index contributed by atoms with van der Waals surface area (Å²) < 4.78 is 18.8. The maximum Gasteiger partial charge on any atom is 0.296 e. The number of halogens is 1. The highest BCUT2D eigenvalue weighted by atomic mass is 19.1. The molecule has 1 amide bonds. The third kappa shape index (κ3) is 2.61. The van der Waals surface area contributed by atoms with E-state index in [9.17, 15) is 9.18 Å². The van der Waals surface area contributed by atoms with Crippen molar-refractivity contribution in [1.82, 2.24) is 5.16 Å². The number of hydrogen-bond donors (Lipinski definition) is 0. The van der Waals surface area contributed by atoms with Crippen molar-refractivity contribution in [3.63, 3.8) is 0 Å². The van der Waals surface area contributed by atoms with Crippen LogP contribution in [0.4, 0.5) is 10.1 Å². The zero-order chi connectivity index (χ0) is 15.5. The summed E-state index contributed by atoms with van der Waals surface area (Å²) in [5.74, 6) is -0.870. The van der Waals surface area contributed by atoms with Crippen LogP contribution in [0.3, 0.4) is 0 Å². The minimum absolute atomic E-state index is 0.0598. The molecule has 0 aliphatic heterocycles. The molecule has 1 heterocycles. The molecule has 0 atom stereocenters. The van der Waals surface area contributed by atoms with Gasteiger partial charge in [0.2, 0.25) is 5.76 Å². The summed E-state index contributed by atoms with van der Waals surface area (Å²) in [6.45, 7) is 0. The summed E-state index contributed by atoms with van der Waals surface area (Å²) in [5.41, 5.74) is 1.59. The molecule has 0 N–H and O–H groups in total. The second-order valence-electron chi connectivity index (χ2n) is 4.76. The quantitative estimate of drug-likeness (QED) is 0.739. The van der Waals surface area contributed by atoms with Crippen LogP contribution < -0.4 is 4.90 Å². The van der Waals surface area contributed by atoms with Gasteiger partial charge in [-0.05, 0) is 12.1 Å². The van der Waals surface area contributed by atoms with E-state index in [-0.39, 0.29) is 11.4 Å². The molecule has 0 aliphatic rings. The summed E-state index contributed by atoms with van der Waals surface area (Å²) in [4.78, 5) is 13.6. The monoisotopic (exact) mass is 296 g/mol. The van der Waals surface area contributed by atoms with Crippen LogP contribution in [0.5, 0.6) is 0 Å². The van der Waals surface area contributed by atoms with E-state index in [1.165, 1.54) is 24.1 Å². The van der Waals surface area contributed by atoms with Gasteiger partial charge in [-0.1, -0.05) is 47.6 Å². The Hall–Kier alpha value is -2.95. The summed E-state index contributed by atoms with van der Waals surface area (Å²) >= 11 is 0. The van der Waals surface area contributed by atoms with Crippen LogP contribution in [-0.2, 0) is 0 Å². The fourth-order valence-electron chi connectivity index (χ4n) is 2.12. The second-order valence-corrected chi connectivity index (χ2v) is 4.76. The third-order valence-electron chi connectivity index (χ3n) is 3.31. The van der Waals surface area contributed by atoms with Gasteiger partial charge in [-0.25, -0.2) is 4.39 Å². The van der Waals surface area contributed by atoms with E-state index in [0.717, 1.165) is 5.56 Å². The molecule has 4 nitrogen and oxygen atoms in total. The lowest BCUT2D eigenvalue weighted by Gasteiger charge is -2.15. The number of carbonyl (C=O) groups excluding carboxylic acids is 1. The van der Waals surface area contributed by atoms with Crippen LogP contribution in [0.15, 0.2) is 65.2 Å². The van der Waals surface area contributed by atoms with Gasteiger partial charge in [0.25, 0.3) is 5.91 Å². The first-order valence-corrected chi connectivity index (χ1v) is 6.71. The molecular formula is C17H13FN2O2. The Morgan fingerprint density at radius 2 is 1.77 bits per heavy atom. The van der Waals surface area contributed by atoms with Crippen LogP contribution in [0.25, 0.3) is 11.3 Å². The third-order valence-corrected chi connectivity index (χ3v) is 3.31. The molecule has 3 aromatic rings. The molecule has 3 rings (SSSR count). The molecule has 2 aromatic carbocycles. The number of para-hydroxylation sites is 1. The SMILES string of the molecule is CN(C(=O)c1cc(-c2ccccc2)no1)c1ccccc1F. The predicted molar refractivity (Wildman–Crippen MR) is 81.1 cm³/mol. The van der Waals surface area contributed by atoms with Crippen molar-refractivity contribution in [2.24, 2.45) is 0 Å². The van der Waals surface area contributed by atoms with E-state index >= 15 is 0 Å². The minimum atomic E-state index is -0.471. The number of aromatic nitrogens is 1. The summed E-state index contributed by atoms with van der Waals surface area (Å²) in [6, 6.07) is 17.0. The molecule has 22 heavy (non-hydrogen) atoms. The second kappa shape index (κ2) is 5.81. The zero-order valence-electron chi connectivity index (χ0n) is 11.9. The van der Waals surface area contributed by atoms with Gasteiger partial charge < -0.3 is 9.42 Å². The molecule has 0 saturated carbocycles. The lowest BCUT2D eigenvalue weighted by Crippen LogP contribution is -2.26. The van der Waals surface area contributed by atoms with E-state index in [1.54, 1.807) is 18.2 Å². The Kier molecular flexibility index (Phi) is 3.70. The molecule has 0 radical (unpaired) electrons. The van der Waals surface area contributed by atoms with Gasteiger partial charge in [-0.3, -0.25) is 4.79 Å². The normalized spacial score (nSPS) is 10.5. The predicted octanol–water partition coefficient (Wildman–Crippen LogP) is 3.76. The fraction of sp³-hybridized carbons (Fsp3) is 0.0588. The topological polar surface area (TPSA) is 46.3 Å². The van der Waals surface area contributed by atoms with Gasteiger partial charge in [0.05, 0.1) is 5.69 Å². The Balaban J connectivity index is 1.87. The standard InChI is InChI=1S/C17H13FN2O2/c1-20(15-10-6-5-9-13(15)18)17(21)16-11-14(19-22-16)12-7-3-2-4-8-12/h2-11H,1H3. The van der Waals surface area contributed by atoms with Crippen molar-refractivity contribution >= 4 is 11.6 Å². The molecule has 0 saturated heterocycles. The molecule has 0 bridgehead atoms. The molecule has 5 heteroatoms. The van der Waals surface area contributed by atoms with Gasteiger partial charge in [-0.2, -0.15) is 0 Å². The molecular weight excluding hydrogens is 283 g/mol. The first-order chi connectivity index (χ1) is 10.7. The average Bonchev–Trinajstić information content (AvgIpc) is 3.05. The van der Waals surface area contributed by atoms with Crippen molar-refractivity contribution in [2.45, 2.75) is 0 Å². The lowest BCUT2D eigenvalue weighted by molar-refractivity contribution is 0.0957. The molecule has 0 aliphatic carbocycles. The van der Waals surface area contributed by atoms with Crippen LogP contribution in [-0.4, -0.2) is 18.1 Å². The number of amides is 1.